The Bertz CT molecular complexity index is 202. The highest BCUT2D eigenvalue weighted by Gasteiger charge is 2.10. The lowest BCUT2D eigenvalue weighted by Gasteiger charge is -2.26. The molecule has 0 aromatic carbocycles. The van der Waals surface area contributed by atoms with E-state index >= 15 is 0 Å². The van der Waals surface area contributed by atoms with Crippen molar-refractivity contribution in [1.82, 2.24) is 4.90 Å². The number of guanidine groups is 1. The Morgan fingerprint density at radius 1 is 1.62 bits per heavy atom. The summed E-state index contributed by atoms with van der Waals surface area (Å²) in [7, 11) is 0. The van der Waals surface area contributed by atoms with Gasteiger partial charge in [-0.05, 0) is 20.8 Å². The van der Waals surface area contributed by atoms with E-state index in [-0.39, 0.29) is 0 Å². The highest BCUT2D eigenvalue weighted by atomic mass is 15.3. The van der Waals surface area contributed by atoms with Crippen molar-refractivity contribution in [2.45, 2.75) is 33.2 Å². The van der Waals surface area contributed by atoms with Gasteiger partial charge in [0.25, 0.3) is 0 Å². The van der Waals surface area contributed by atoms with Crippen molar-refractivity contribution < 1.29 is 0 Å². The molecule has 0 aliphatic carbocycles. The van der Waals surface area contributed by atoms with E-state index < -0.39 is 0 Å². The fraction of sp³-hybridized carbons (Fsp3) is 0.778. The molecule has 0 rings (SSSR count). The second kappa shape index (κ2) is 6.30. The molecule has 4 heteroatoms. The van der Waals surface area contributed by atoms with Gasteiger partial charge >= 0.3 is 0 Å². The first kappa shape index (κ1) is 11.8. The molecule has 0 heterocycles. The summed E-state index contributed by atoms with van der Waals surface area (Å²) >= 11 is 0. The maximum atomic E-state index is 8.45. The summed E-state index contributed by atoms with van der Waals surface area (Å²) < 4.78 is 0. The van der Waals surface area contributed by atoms with Gasteiger partial charge < -0.3 is 10.6 Å². The molecule has 0 spiro atoms. The fourth-order valence-electron chi connectivity index (χ4n) is 1.06. The minimum absolute atomic E-state index is 0.295. The molecule has 0 atom stereocenters. The quantitative estimate of drug-likeness (QED) is 0.520. The highest BCUT2D eigenvalue weighted by molar-refractivity contribution is 5.78. The smallest absolute Gasteiger partial charge is 0.191 e. The molecule has 0 amide bonds. The van der Waals surface area contributed by atoms with E-state index in [1.807, 2.05) is 25.7 Å². The number of nitrogens with two attached hydrogens (primary N) is 1. The first-order valence-corrected chi connectivity index (χ1v) is 4.57. The Morgan fingerprint density at radius 3 is 2.62 bits per heavy atom. The van der Waals surface area contributed by atoms with E-state index in [9.17, 15) is 0 Å². The van der Waals surface area contributed by atoms with Crippen LogP contribution in [0.2, 0.25) is 0 Å². The molecule has 0 bridgehead atoms. The van der Waals surface area contributed by atoms with Gasteiger partial charge in [0, 0.05) is 19.1 Å². The molecule has 0 aromatic heterocycles. The molecular weight excluding hydrogens is 164 g/mol. The van der Waals surface area contributed by atoms with Crippen molar-refractivity contribution in [3.63, 3.8) is 0 Å². The molecule has 74 valence electrons. The summed E-state index contributed by atoms with van der Waals surface area (Å²) in [6, 6.07) is 2.39. The average Bonchev–Trinajstić information content (AvgIpc) is 2.05. The molecule has 4 nitrogen and oxygen atoms in total. The number of nitrogens with zero attached hydrogens (tertiary/aromatic N) is 3. The predicted octanol–water partition coefficient (Wildman–Crippen LogP) is 0.945. The van der Waals surface area contributed by atoms with E-state index in [4.69, 9.17) is 11.0 Å². The summed E-state index contributed by atoms with van der Waals surface area (Å²) in [5.41, 5.74) is 5.74. The Morgan fingerprint density at radius 2 is 2.23 bits per heavy atom. The number of hydrogen-bond donors (Lipinski definition) is 1. The van der Waals surface area contributed by atoms with Crippen LogP contribution in [0.5, 0.6) is 0 Å². The van der Waals surface area contributed by atoms with Crippen LogP contribution >= 0.6 is 0 Å². The van der Waals surface area contributed by atoms with Gasteiger partial charge in [-0.25, -0.2) is 0 Å². The van der Waals surface area contributed by atoms with Gasteiger partial charge in [-0.3, -0.25) is 4.99 Å². The van der Waals surface area contributed by atoms with Crippen molar-refractivity contribution >= 4 is 5.96 Å². The van der Waals surface area contributed by atoms with Crippen molar-refractivity contribution in [2.75, 3.05) is 13.1 Å². The number of aliphatic imine (C=N–C) groups is 1. The molecule has 0 unspecified atom stereocenters. The third-order valence-electron chi connectivity index (χ3n) is 1.70. The Hall–Kier alpha value is -1.24. The Labute approximate surface area is 80.0 Å². The maximum Gasteiger partial charge on any atom is 0.191 e. The molecular formula is C9H18N4. The third-order valence-corrected chi connectivity index (χ3v) is 1.70. The summed E-state index contributed by atoms with van der Waals surface area (Å²) in [5.74, 6) is 0.535. The molecule has 0 aromatic rings. The standard InChI is InChI=1S/C9H18N4/c1-4-12-9(11)13(8(2)3)7-5-6-10/h8H,4-5,7H2,1-3H3,(H2,11,12). The third kappa shape index (κ3) is 4.36. The van der Waals surface area contributed by atoms with Gasteiger partial charge in [-0.1, -0.05) is 0 Å². The SMILES string of the molecule is CCN=C(N)N(CCC#N)C(C)C. The van der Waals surface area contributed by atoms with Crippen LogP contribution in [0.4, 0.5) is 0 Å². The van der Waals surface area contributed by atoms with E-state index in [2.05, 4.69) is 11.1 Å². The van der Waals surface area contributed by atoms with Crippen LogP contribution in [0.3, 0.4) is 0 Å². The molecule has 0 radical (unpaired) electrons. The maximum absolute atomic E-state index is 8.45. The molecule has 0 saturated heterocycles. The molecule has 0 fully saturated rings. The molecule has 0 aliphatic heterocycles. The zero-order valence-electron chi connectivity index (χ0n) is 8.62. The summed E-state index contributed by atoms with van der Waals surface area (Å²) in [4.78, 5) is 6.05. The lowest BCUT2D eigenvalue weighted by atomic mass is 10.3. The summed E-state index contributed by atoms with van der Waals surface area (Å²) in [5, 5.41) is 8.45. The van der Waals surface area contributed by atoms with E-state index in [0.717, 1.165) is 0 Å². The van der Waals surface area contributed by atoms with Crippen LogP contribution in [0.25, 0.3) is 0 Å². The van der Waals surface area contributed by atoms with Crippen LogP contribution in [0.1, 0.15) is 27.2 Å². The van der Waals surface area contributed by atoms with Crippen LogP contribution in [0, 0.1) is 11.3 Å². The minimum Gasteiger partial charge on any atom is -0.370 e. The molecule has 0 aliphatic rings. The normalized spacial score (nSPS) is 11.5. The zero-order chi connectivity index (χ0) is 10.3. The lowest BCUT2D eigenvalue weighted by molar-refractivity contribution is 0.352. The minimum atomic E-state index is 0.295. The van der Waals surface area contributed by atoms with Gasteiger partial charge in [0.2, 0.25) is 0 Å². The second-order valence-corrected chi connectivity index (χ2v) is 3.03. The Balaban J connectivity index is 4.25. The van der Waals surface area contributed by atoms with Crippen LogP contribution in [0.15, 0.2) is 4.99 Å². The first-order valence-electron chi connectivity index (χ1n) is 4.57. The predicted molar refractivity (Wildman–Crippen MR) is 54.2 cm³/mol. The van der Waals surface area contributed by atoms with Crippen molar-refractivity contribution in [2.24, 2.45) is 10.7 Å². The van der Waals surface area contributed by atoms with Gasteiger partial charge in [-0.2, -0.15) is 5.26 Å². The van der Waals surface area contributed by atoms with Crippen molar-refractivity contribution in [3.05, 3.63) is 0 Å². The van der Waals surface area contributed by atoms with E-state index in [1.54, 1.807) is 0 Å². The van der Waals surface area contributed by atoms with Crippen LogP contribution in [-0.4, -0.2) is 30.0 Å². The lowest BCUT2D eigenvalue weighted by Crippen LogP contribution is -2.42. The number of rotatable bonds is 4. The topological polar surface area (TPSA) is 65.4 Å². The second-order valence-electron chi connectivity index (χ2n) is 3.03. The highest BCUT2D eigenvalue weighted by Crippen LogP contribution is 1.98. The molecule has 2 N–H and O–H groups in total. The monoisotopic (exact) mass is 182 g/mol. The average molecular weight is 182 g/mol. The van der Waals surface area contributed by atoms with Crippen molar-refractivity contribution in [1.29, 1.82) is 5.26 Å². The van der Waals surface area contributed by atoms with E-state index in [1.165, 1.54) is 0 Å². The fourth-order valence-corrected chi connectivity index (χ4v) is 1.06. The molecule has 13 heavy (non-hydrogen) atoms. The largest absolute Gasteiger partial charge is 0.370 e. The van der Waals surface area contributed by atoms with Crippen molar-refractivity contribution in [3.8, 4) is 6.07 Å². The number of nitriles is 1. The zero-order valence-corrected chi connectivity index (χ0v) is 8.62. The van der Waals surface area contributed by atoms with E-state index in [0.29, 0.717) is 31.5 Å². The summed E-state index contributed by atoms with van der Waals surface area (Å²) in [6.45, 7) is 7.35. The van der Waals surface area contributed by atoms with Gasteiger partial charge in [0.1, 0.15) is 0 Å². The summed E-state index contributed by atoms with van der Waals surface area (Å²) in [6.07, 6.45) is 0.484. The number of hydrogen-bond acceptors (Lipinski definition) is 2. The van der Waals surface area contributed by atoms with Gasteiger partial charge in [-0.15, -0.1) is 0 Å². The molecule has 0 saturated carbocycles. The Kier molecular flexibility index (Phi) is 5.69. The van der Waals surface area contributed by atoms with Gasteiger partial charge in [0.05, 0.1) is 12.5 Å². The van der Waals surface area contributed by atoms with Crippen LogP contribution in [-0.2, 0) is 0 Å². The van der Waals surface area contributed by atoms with Crippen LogP contribution < -0.4 is 5.73 Å². The first-order chi connectivity index (χ1) is 6.13. The van der Waals surface area contributed by atoms with Gasteiger partial charge in [0.15, 0.2) is 5.96 Å².